The summed E-state index contributed by atoms with van der Waals surface area (Å²) in [5.41, 5.74) is 2.64. The van der Waals surface area contributed by atoms with Gasteiger partial charge in [-0.3, -0.25) is 9.69 Å². The van der Waals surface area contributed by atoms with Crippen LogP contribution in [0, 0.1) is 0 Å². The summed E-state index contributed by atoms with van der Waals surface area (Å²) in [5, 5.41) is 1.98. The second-order valence-electron chi connectivity index (χ2n) is 5.95. The minimum Gasteiger partial charge on any atom is -0.481 e. The lowest BCUT2D eigenvalue weighted by atomic mass is 10.1. The first-order valence-electron chi connectivity index (χ1n) is 8.11. The zero-order chi connectivity index (χ0) is 17.2. The molecule has 25 heavy (non-hydrogen) atoms. The SMILES string of the molecule is COc1ncccc1CN1CCc2nc(-c3cccs3)[nH]c(=O)c2C1. The number of nitrogens with one attached hydrogen (secondary N) is 1. The number of fused-ring (bicyclic) bond motifs is 1. The summed E-state index contributed by atoms with van der Waals surface area (Å²) in [6.45, 7) is 2.13. The van der Waals surface area contributed by atoms with Crippen LogP contribution in [0.15, 0.2) is 40.6 Å². The lowest BCUT2D eigenvalue weighted by Gasteiger charge is -2.27. The monoisotopic (exact) mass is 354 g/mol. The molecular formula is C18H18N4O2S. The van der Waals surface area contributed by atoms with Gasteiger partial charge in [-0.2, -0.15) is 0 Å². The van der Waals surface area contributed by atoms with E-state index in [9.17, 15) is 4.79 Å². The van der Waals surface area contributed by atoms with Crippen LogP contribution in [0.4, 0.5) is 0 Å². The molecule has 0 amide bonds. The van der Waals surface area contributed by atoms with E-state index in [0.717, 1.165) is 34.7 Å². The van der Waals surface area contributed by atoms with E-state index < -0.39 is 0 Å². The third-order valence-electron chi connectivity index (χ3n) is 4.34. The van der Waals surface area contributed by atoms with E-state index in [1.54, 1.807) is 24.6 Å². The maximum atomic E-state index is 12.5. The van der Waals surface area contributed by atoms with Crippen LogP contribution in [0.25, 0.3) is 10.7 Å². The number of thiophene rings is 1. The van der Waals surface area contributed by atoms with E-state index in [0.29, 0.717) is 24.8 Å². The summed E-state index contributed by atoms with van der Waals surface area (Å²) in [6, 6.07) is 7.84. The Kier molecular flexibility index (Phi) is 4.33. The van der Waals surface area contributed by atoms with Crippen molar-refractivity contribution in [2.75, 3.05) is 13.7 Å². The van der Waals surface area contributed by atoms with Crippen molar-refractivity contribution >= 4 is 11.3 Å². The van der Waals surface area contributed by atoms with E-state index in [4.69, 9.17) is 4.74 Å². The number of rotatable bonds is 4. The summed E-state index contributed by atoms with van der Waals surface area (Å²) in [5.74, 6) is 1.30. The molecule has 0 saturated carbocycles. The molecule has 6 nitrogen and oxygen atoms in total. The van der Waals surface area contributed by atoms with Crippen molar-refractivity contribution in [2.45, 2.75) is 19.5 Å². The quantitative estimate of drug-likeness (QED) is 0.779. The van der Waals surface area contributed by atoms with E-state index in [1.165, 1.54) is 0 Å². The Bertz CT molecular complexity index is 936. The van der Waals surface area contributed by atoms with Gasteiger partial charge in [0.25, 0.3) is 5.56 Å². The fraction of sp³-hybridized carbons (Fsp3) is 0.278. The summed E-state index contributed by atoms with van der Waals surface area (Å²) in [4.78, 5) is 27.6. The van der Waals surface area contributed by atoms with E-state index in [1.807, 2.05) is 29.6 Å². The van der Waals surface area contributed by atoms with Crippen molar-refractivity contribution in [3.63, 3.8) is 0 Å². The number of pyridine rings is 1. The summed E-state index contributed by atoms with van der Waals surface area (Å²) in [6.07, 6.45) is 2.48. The zero-order valence-electron chi connectivity index (χ0n) is 13.9. The van der Waals surface area contributed by atoms with Crippen LogP contribution in [-0.2, 0) is 19.5 Å². The first kappa shape index (κ1) is 16.0. The third-order valence-corrected chi connectivity index (χ3v) is 5.22. The molecule has 0 aromatic carbocycles. The molecule has 3 aromatic heterocycles. The maximum Gasteiger partial charge on any atom is 0.255 e. The van der Waals surface area contributed by atoms with Gasteiger partial charge < -0.3 is 9.72 Å². The van der Waals surface area contributed by atoms with Crippen LogP contribution in [0.2, 0.25) is 0 Å². The van der Waals surface area contributed by atoms with Gasteiger partial charge in [-0.25, -0.2) is 9.97 Å². The molecule has 1 aliphatic heterocycles. The molecule has 4 heterocycles. The molecule has 128 valence electrons. The number of aromatic amines is 1. The van der Waals surface area contributed by atoms with Crippen LogP contribution < -0.4 is 10.3 Å². The molecule has 0 bridgehead atoms. The van der Waals surface area contributed by atoms with Crippen LogP contribution in [-0.4, -0.2) is 33.5 Å². The van der Waals surface area contributed by atoms with Gasteiger partial charge in [0.1, 0.15) is 0 Å². The molecule has 0 aliphatic carbocycles. The molecule has 0 saturated heterocycles. The smallest absolute Gasteiger partial charge is 0.255 e. The van der Waals surface area contributed by atoms with Crippen molar-refractivity contribution in [1.29, 1.82) is 0 Å². The summed E-state index contributed by atoms with van der Waals surface area (Å²) in [7, 11) is 1.62. The van der Waals surface area contributed by atoms with Crippen LogP contribution in [0.5, 0.6) is 5.88 Å². The Hall–Kier alpha value is -2.51. The Morgan fingerprint density at radius 1 is 1.36 bits per heavy atom. The molecule has 1 N–H and O–H groups in total. The van der Waals surface area contributed by atoms with E-state index in [-0.39, 0.29) is 5.56 Å². The average molecular weight is 354 g/mol. The van der Waals surface area contributed by atoms with Crippen LogP contribution >= 0.6 is 11.3 Å². The fourth-order valence-electron chi connectivity index (χ4n) is 3.12. The van der Waals surface area contributed by atoms with E-state index in [2.05, 4.69) is 19.9 Å². The second kappa shape index (κ2) is 6.78. The standard InChI is InChI=1S/C18H18N4O2S/c1-24-18-12(4-2-7-19-18)10-22-8-6-14-13(11-22)17(23)21-16(20-14)15-5-3-9-25-15/h2-5,7,9H,6,8,10-11H2,1H3,(H,20,21,23). The molecule has 7 heteroatoms. The number of nitrogens with zero attached hydrogens (tertiary/aromatic N) is 3. The topological polar surface area (TPSA) is 71.1 Å². The number of aromatic nitrogens is 3. The first-order chi connectivity index (χ1) is 12.2. The number of H-pyrrole nitrogens is 1. The van der Waals surface area contributed by atoms with E-state index >= 15 is 0 Å². The minimum atomic E-state index is -0.0451. The minimum absolute atomic E-state index is 0.0451. The van der Waals surface area contributed by atoms with Crippen LogP contribution in [0.1, 0.15) is 16.8 Å². The number of hydrogen-bond acceptors (Lipinski definition) is 6. The maximum absolute atomic E-state index is 12.5. The Balaban J connectivity index is 1.58. The Labute approximate surface area is 149 Å². The van der Waals surface area contributed by atoms with Gasteiger partial charge in [0.15, 0.2) is 5.82 Å². The Morgan fingerprint density at radius 2 is 2.28 bits per heavy atom. The molecule has 1 aliphatic rings. The normalized spacial score (nSPS) is 14.3. The highest BCUT2D eigenvalue weighted by molar-refractivity contribution is 7.13. The molecule has 0 spiro atoms. The zero-order valence-corrected chi connectivity index (χ0v) is 14.7. The van der Waals surface area contributed by atoms with Crippen molar-refractivity contribution in [3.8, 4) is 16.6 Å². The number of methoxy groups -OCH3 is 1. The van der Waals surface area contributed by atoms with Gasteiger partial charge in [-0.1, -0.05) is 12.1 Å². The highest BCUT2D eigenvalue weighted by atomic mass is 32.1. The van der Waals surface area contributed by atoms with Gasteiger partial charge in [0.05, 0.1) is 23.2 Å². The van der Waals surface area contributed by atoms with Gasteiger partial charge in [-0.05, 0) is 17.5 Å². The number of ether oxygens (including phenoxy) is 1. The lowest BCUT2D eigenvalue weighted by molar-refractivity contribution is 0.237. The lowest BCUT2D eigenvalue weighted by Crippen LogP contribution is -2.35. The third kappa shape index (κ3) is 3.20. The fourth-order valence-corrected chi connectivity index (χ4v) is 3.78. The van der Waals surface area contributed by atoms with Crippen molar-refractivity contribution < 1.29 is 4.74 Å². The molecule has 0 radical (unpaired) electrons. The van der Waals surface area contributed by atoms with Crippen molar-refractivity contribution in [1.82, 2.24) is 19.9 Å². The van der Waals surface area contributed by atoms with Crippen LogP contribution in [0.3, 0.4) is 0 Å². The highest BCUT2D eigenvalue weighted by Crippen LogP contribution is 2.24. The van der Waals surface area contributed by atoms with Crippen molar-refractivity contribution in [2.24, 2.45) is 0 Å². The highest BCUT2D eigenvalue weighted by Gasteiger charge is 2.22. The average Bonchev–Trinajstić information content (AvgIpc) is 3.17. The van der Waals surface area contributed by atoms with Gasteiger partial charge in [-0.15, -0.1) is 11.3 Å². The largest absolute Gasteiger partial charge is 0.481 e. The van der Waals surface area contributed by atoms with Gasteiger partial charge in [0, 0.05) is 37.8 Å². The van der Waals surface area contributed by atoms with Crippen molar-refractivity contribution in [3.05, 3.63) is 63.0 Å². The van der Waals surface area contributed by atoms with Gasteiger partial charge in [0.2, 0.25) is 5.88 Å². The first-order valence-corrected chi connectivity index (χ1v) is 8.99. The second-order valence-corrected chi connectivity index (χ2v) is 6.90. The molecule has 4 rings (SSSR count). The summed E-state index contributed by atoms with van der Waals surface area (Å²) >= 11 is 1.58. The Morgan fingerprint density at radius 3 is 3.08 bits per heavy atom. The molecule has 0 unspecified atom stereocenters. The predicted octanol–water partition coefficient (Wildman–Crippen LogP) is 2.46. The number of hydrogen-bond donors (Lipinski definition) is 1. The molecule has 0 fully saturated rings. The summed E-state index contributed by atoms with van der Waals surface area (Å²) < 4.78 is 5.32. The molecule has 3 aromatic rings. The van der Waals surface area contributed by atoms with Gasteiger partial charge >= 0.3 is 0 Å². The molecule has 0 atom stereocenters. The molecular weight excluding hydrogens is 336 g/mol. The predicted molar refractivity (Wildman–Crippen MR) is 96.8 cm³/mol.